The summed E-state index contributed by atoms with van der Waals surface area (Å²) in [5.74, 6) is -2.86. The molecular weight excluding hydrogens is 427 g/mol. The number of benzene rings is 2. The predicted molar refractivity (Wildman–Crippen MR) is 113 cm³/mol. The molecular formula is C22H16F3N3O2S. The lowest BCUT2D eigenvalue weighted by atomic mass is 10.0. The standard InChI is InChI=1S/C22H16F3N3O2S/c1-29-15-9-16(30-2)19(25)17(18(15)24)14-8-11-10-26-22(31-3)28-20(11)21(27-14)12-6-4-5-7-13(12)23/h4-10H,1-3H3. The molecule has 31 heavy (non-hydrogen) atoms. The van der Waals surface area contributed by atoms with Crippen molar-refractivity contribution in [3.63, 3.8) is 0 Å². The van der Waals surface area contributed by atoms with E-state index in [-0.39, 0.29) is 28.5 Å². The van der Waals surface area contributed by atoms with E-state index in [4.69, 9.17) is 9.47 Å². The van der Waals surface area contributed by atoms with Crippen LogP contribution in [0.2, 0.25) is 0 Å². The molecule has 0 spiro atoms. The van der Waals surface area contributed by atoms with Gasteiger partial charge in [-0.3, -0.25) is 0 Å². The largest absolute Gasteiger partial charge is 0.494 e. The topological polar surface area (TPSA) is 57.1 Å². The van der Waals surface area contributed by atoms with Crippen LogP contribution in [0.25, 0.3) is 33.4 Å². The first kappa shape index (κ1) is 20.9. The lowest BCUT2D eigenvalue weighted by molar-refractivity contribution is 0.359. The van der Waals surface area contributed by atoms with Gasteiger partial charge in [-0.1, -0.05) is 23.9 Å². The molecule has 0 aliphatic heterocycles. The summed E-state index contributed by atoms with van der Waals surface area (Å²) in [4.78, 5) is 13.1. The third-order valence-corrected chi connectivity index (χ3v) is 5.25. The van der Waals surface area contributed by atoms with Crippen LogP contribution in [-0.2, 0) is 0 Å². The molecule has 4 aromatic rings. The van der Waals surface area contributed by atoms with Crippen molar-refractivity contribution in [3.05, 3.63) is 60.0 Å². The first-order valence-electron chi connectivity index (χ1n) is 9.05. The fraction of sp³-hybridized carbons (Fsp3) is 0.136. The van der Waals surface area contributed by atoms with Gasteiger partial charge in [-0.2, -0.15) is 0 Å². The maximum atomic E-state index is 15.1. The van der Waals surface area contributed by atoms with Crippen molar-refractivity contribution in [2.75, 3.05) is 20.5 Å². The van der Waals surface area contributed by atoms with Crippen LogP contribution >= 0.6 is 11.8 Å². The molecule has 0 radical (unpaired) electrons. The molecule has 0 saturated heterocycles. The summed E-state index contributed by atoms with van der Waals surface area (Å²) < 4.78 is 54.9. The molecule has 0 bridgehead atoms. The van der Waals surface area contributed by atoms with Gasteiger partial charge in [0.1, 0.15) is 17.0 Å². The fourth-order valence-corrected chi connectivity index (χ4v) is 3.54. The van der Waals surface area contributed by atoms with Crippen LogP contribution in [0, 0.1) is 17.5 Å². The van der Waals surface area contributed by atoms with Crippen molar-refractivity contribution >= 4 is 22.7 Å². The molecule has 0 unspecified atom stereocenters. The Hall–Kier alpha value is -3.33. The number of hydrogen-bond donors (Lipinski definition) is 0. The van der Waals surface area contributed by atoms with Crippen LogP contribution in [-0.4, -0.2) is 35.4 Å². The van der Waals surface area contributed by atoms with E-state index < -0.39 is 23.0 Å². The molecule has 0 fully saturated rings. The van der Waals surface area contributed by atoms with Crippen LogP contribution < -0.4 is 9.47 Å². The number of rotatable bonds is 5. The fourth-order valence-electron chi connectivity index (χ4n) is 3.20. The molecule has 0 aliphatic rings. The first-order valence-corrected chi connectivity index (χ1v) is 10.3. The van der Waals surface area contributed by atoms with Crippen LogP contribution in [0.4, 0.5) is 13.2 Å². The summed E-state index contributed by atoms with van der Waals surface area (Å²) in [6.45, 7) is 0. The number of fused-ring (bicyclic) bond motifs is 1. The zero-order chi connectivity index (χ0) is 22.1. The van der Waals surface area contributed by atoms with E-state index in [0.29, 0.717) is 16.1 Å². The molecule has 5 nitrogen and oxygen atoms in total. The molecule has 0 amide bonds. The summed E-state index contributed by atoms with van der Waals surface area (Å²) >= 11 is 1.31. The van der Waals surface area contributed by atoms with E-state index in [0.717, 1.165) is 6.07 Å². The zero-order valence-corrected chi connectivity index (χ0v) is 17.6. The quantitative estimate of drug-likeness (QED) is 0.299. The maximum Gasteiger partial charge on any atom is 0.187 e. The molecule has 0 saturated carbocycles. The minimum Gasteiger partial charge on any atom is -0.494 e. The normalized spacial score (nSPS) is 11.0. The van der Waals surface area contributed by atoms with Crippen LogP contribution in [0.5, 0.6) is 11.5 Å². The van der Waals surface area contributed by atoms with Gasteiger partial charge in [0.2, 0.25) is 0 Å². The van der Waals surface area contributed by atoms with Gasteiger partial charge in [0.25, 0.3) is 0 Å². The average Bonchev–Trinajstić information content (AvgIpc) is 2.79. The first-order chi connectivity index (χ1) is 15.0. The van der Waals surface area contributed by atoms with E-state index in [9.17, 15) is 4.39 Å². The van der Waals surface area contributed by atoms with Gasteiger partial charge in [-0.25, -0.2) is 28.1 Å². The summed E-state index contributed by atoms with van der Waals surface area (Å²) in [5.41, 5.74) is 0.131. The highest BCUT2D eigenvalue weighted by molar-refractivity contribution is 7.98. The number of thioether (sulfide) groups is 1. The van der Waals surface area contributed by atoms with Crippen molar-refractivity contribution in [2.24, 2.45) is 0 Å². The smallest absolute Gasteiger partial charge is 0.187 e. The molecule has 0 atom stereocenters. The Balaban J connectivity index is 2.10. The van der Waals surface area contributed by atoms with Crippen molar-refractivity contribution in [1.29, 1.82) is 0 Å². The molecule has 158 valence electrons. The maximum absolute atomic E-state index is 15.1. The summed E-state index contributed by atoms with van der Waals surface area (Å²) in [6.07, 6.45) is 3.32. The number of halogens is 3. The Bertz CT molecular complexity index is 1270. The molecule has 9 heteroatoms. The Morgan fingerprint density at radius 2 is 1.58 bits per heavy atom. The van der Waals surface area contributed by atoms with Gasteiger partial charge < -0.3 is 9.47 Å². The Labute approximate surface area is 180 Å². The number of nitrogens with zero attached hydrogens (tertiary/aromatic N) is 3. The third-order valence-electron chi connectivity index (χ3n) is 4.69. The van der Waals surface area contributed by atoms with E-state index >= 15 is 8.78 Å². The van der Waals surface area contributed by atoms with Crippen molar-refractivity contribution in [2.45, 2.75) is 5.16 Å². The van der Waals surface area contributed by atoms with E-state index in [2.05, 4.69) is 15.0 Å². The SMILES string of the molecule is COc1cc(OC)c(F)c(-c2cc3cnc(SC)nc3c(-c3ccccc3F)n2)c1F. The highest BCUT2D eigenvalue weighted by Gasteiger charge is 2.24. The van der Waals surface area contributed by atoms with Gasteiger partial charge in [-0.15, -0.1) is 0 Å². The van der Waals surface area contributed by atoms with E-state index in [1.807, 2.05) is 0 Å². The average molecular weight is 443 g/mol. The Morgan fingerprint density at radius 3 is 2.19 bits per heavy atom. The number of methoxy groups -OCH3 is 2. The van der Waals surface area contributed by atoms with Crippen molar-refractivity contribution < 1.29 is 22.6 Å². The Morgan fingerprint density at radius 1 is 0.903 bits per heavy atom. The van der Waals surface area contributed by atoms with Gasteiger partial charge in [-0.05, 0) is 24.5 Å². The second kappa shape index (κ2) is 8.43. The molecule has 0 aliphatic carbocycles. The van der Waals surface area contributed by atoms with E-state index in [1.54, 1.807) is 18.4 Å². The van der Waals surface area contributed by atoms with Crippen molar-refractivity contribution in [3.8, 4) is 34.0 Å². The second-order valence-corrected chi connectivity index (χ2v) is 7.19. The highest BCUT2D eigenvalue weighted by Crippen LogP contribution is 2.39. The van der Waals surface area contributed by atoms with Crippen molar-refractivity contribution in [1.82, 2.24) is 15.0 Å². The van der Waals surface area contributed by atoms with Crippen LogP contribution in [0.3, 0.4) is 0 Å². The lowest BCUT2D eigenvalue weighted by Gasteiger charge is -2.14. The van der Waals surface area contributed by atoms with Crippen LogP contribution in [0.1, 0.15) is 0 Å². The molecule has 2 aromatic heterocycles. The summed E-state index contributed by atoms with van der Waals surface area (Å²) in [7, 11) is 2.52. The monoisotopic (exact) mass is 443 g/mol. The van der Waals surface area contributed by atoms with Gasteiger partial charge in [0.15, 0.2) is 28.3 Å². The number of pyridine rings is 1. The van der Waals surface area contributed by atoms with Crippen LogP contribution in [0.15, 0.2) is 47.8 Å². The third kappa shape index (κ3) is 3.65. The minimum atomic E-state index is -0.950. The highest BCUT2D eigenvalue weighted by atomic mass is 32.2. The summed E-state index contributed by atoms with van der Waals surface area (Å²) in [5, 5.41) is 0.904. The molecule has 2 heterocycles. The zero-order valence-electron chi connectivity index (χ0n) is 16.7. The van der Waals surface area contributed by atoms with Gasteiger partial charge in [0, 0.05) is 23.2 Å². The number of hydrogen-bond acceptors (Lipinski definition) is 6. The predicted octanol–water partition coefficient (Wildman–Crippen LogP) is 5.52. The molecule has 0 N–H and O–H groups in total. The minimum absolute atomic E-state index is 0.0709. The van der Waals surface area contributed by atoms with E-state index in [1.165, 1.54) is 50.4 Å². The summed E-state index contributed by atoms with van der Waals surface area (Å²) in [6, 6.07) is 8.55. The second-order valence-electron chi connectivity index (χ2n) is 6.41. The molecule has 4 rings (SSSR count). The number of aromatic nitrogens is 3. The lowest BCUT2D eigenvalue weighted by Crippen LogP contribution is -2.02. The molecule has 2 aromatic carbocycles. The Kier molecular flexibility index (Phi) is 5.69. The van der Waals surface area contributed by atoms with Gasteiger partial charge in [0.05, 0.1) is 25.5 Å². The number of ether oxygens (including phenoxy) is 2. The van der Waals surface area contributed by atoms with Gasteiger partial charge >= 0.3 is 0 Å².